The molecule has 0 radical (unpaired) electrons. The fraction of sp³-hybridized carbons (Fsp3) is 0.562. The van der Waals surface area contributed by atoms with Crippen molar-refractivity contribution in [2.75, 3.05) is 13.2 Å². The Bertz CT molecular complexity index is 512. The van der Waals surface area contributed by atoms with E-state index in [1.165, 1.54) is 37.0 Å². The second-order valence-corrected chi connectivity index (χ2v) is 6.42. The lowest BCUT2D eigenvalue weighted by atomic mass is 9.82. The van der Waals surface area contributed by atoms with Gasteiger partial charge in [-0.2, -0.15) is 0 Å². The Balaban J connectivity index is 1.83. The molecular formula is C16H21NO2S. The minimum absolute atomic E-state index is 0.0171. The van der Waals surface area contributed by atoms with Crippen LogP contribution in [0.4, 0.5) is 0 Å². The average molecular weight is 291 g/mol. The average Bonchev–Trinajstić information content (AvgIpc) is 2.91. The van der Waals surface area contributed by atoms with E-state index in [4.69, 9.17) is 5.11 Å². The molecule has 0 saturated heterocycles. The zero-order valence-electron chi connectivity index (χ0n) is 11.8. The Kier molecular flexibility index (Phi) is 5.63. The Morgan fingerprint density at radius 2 is 2.40 bits per heavy atom. The van der Waals surface area contributed by atoms with E-state index in [-0.39, 0.29) is 12.5 Å². The van der Waals surface area contributed by atoms with Crippen molar-refractivity contribution in [3.63, 3.8) is 0 Å². The van der Waals surface area contributed by atoms with Crippen LogP contribution in [0.25, 0.3) is 0 Å². The van der Waals surface area contributed by atoms with Crippen LogP contribution in [0.1, 0.15) is 47.8 Å². The van der Waals surface area contributed by atoms with Gasteiger partial charge in [0.1, 0.15) is 6.61 Å². The molecule has 1 aliphatic rings. The van der Waals surface area contributed by atoms with Gasteiger partial charge < -0.3 is 10.4 Å². The van der Waals surface area contributed by atoms with Crippen molar-refractivity contribution >= 4 is 17.2 Å². The van der Waals surface area contributed by atoms with Crippen LogP contribution < -0.4 is 5.32 Å². The molecule has 2 N–H and O–H groups in total. The lowest BCUT2D eigenvalue weighted by Gasteiger charge is -2.26. The molecule has 1 amide bonds. The summed E-state index contributed by atoms with van der Waals surface area (Å²) in [6, 6.07) is 1.78. The summed E-state index contributed by atoms with van der Waals surface area (Å²) in [5, 5.41) is 13.5. The minimum Gasteiger partial charge on any atom is -0.384 e. The molecule has 2 rings (SSSR count). The molecule has 2 unspecified atom stereocenters. The summed E-state index contributed by atoms with van der Waals surface area (Å²) in [5.41, 5.74) is 0.668. The summed E-state index contributed by atoms with van der Waals surface area (Å²) >= 11 is 1.43. The van der Waals surface area contributed by atoms with Gasteiger partial charge in [0, 0.05) is 11.9 Å². The van der Waals surface area contributed by atoms with Gasteiger partial charge in [-0.05, 0) is 30.7 Å². The van der Waals surface area contributed by atoms with Crippen LogP contribution in [0.2, 0.25) is 0 Å². The molecule has 4 heteroatoms. The van der Waals surface area contributed by atoms with Crippen molar-refractivity contribution in [2.45, 2.75) is 32.6 Å². The maximum atomic E-state index is 12.1. The molecule has 0 aromatic carbocycles. The number of thiophene rings is 1. The molecule has 1 saturated carbocycles. The Hall–Kier alpha value is -1.31. The van der Waals surface area contributed by atoms with E-state index < -0.39 is 0 Å². The third-order valence-electron chi connectivity index (χ3n) is 3.75. The zero-order valence-corrected chi connectivity index (χ0v) is 12.6. The highest BCUT2D eigenvalue weighted by Crippen LogP contribution is 2.28. The first-order valence-corrected chi connectivity index (χ1v) is 8.03. The van der Waals surface area contributed by atoms with Crippen LogP contribution in [0.15, 0.2) is 11.4 Å². The van der Waals surface area contributed by atoms with E-state index in [2.05, 4.69) is 24.1 Å². The van der Waals surface area contributed by atoms with E-state index in [0.29, 0.717) is 11.5 Å². The van der Waals surface area contributed by atoms with Crippen molar-refractivity contribution in [3.8, 4) is 11.8 Å². The van der Waals surface area contributed by atoms with Crippen molar-refractivity contribution in [1.29, 1.82) is 0 Å². The molecule has 0 bridgehead atoms. The van der Waals surface area contributed by atoms with Gasteiger partial charge in [0.05, 0.1) is 10.4 Å². The molecular weight excluding hydrogens is 270 g/mol. The minimum atomic E-state index is -0.153. The summed E-state index contributed by atoms with van der Waals surface area (Å²) < 4.78 is 0. The molecule has 0 spiro atoms. The number of hydrogen-bond acceptors (Lipinski definition) is 3. The van der Waals surface area contributed by atoms with E-state index in [9.17, 15) is 4.79 Å². The summed E-state index contributed by atoms with van der Waals surface area (Å²) in [6.07, 6.45) is 5.04. The molecule has 20 heavy (non-hydrogen) atoms. The lowest BCUT2D eigenvalue weighted by molar-refractivity contribution is 0.0941. The van der Waals surface area contributed by atoms with Crippen molar-refractivity contribution in [3.05, 3.63) is 21.9 Å². The largest absolute Gasteiger partial charge is 0.384 e. The molecule has 1 aliphatic carbocycles. The van der Waals surface area contributed by atoms with Gasteiger partial charge in [-0.1, -0.05) is 31.6 Å². The molecule has 2 atom stereocenters. The summed E-state index contributed by atoms with van der Waals surface area (Å²) in [6.45, 7) is 2.91. The van der Waals surface area contributed by atoms with Gasteiger partial charge in [0.25, 0.3) is 5.91 Å². The second kappa shape index (κ2) is 7.47. The molecule has 1 aromatic rings. The number of rotatable bonds is 3. The number of carbonyl (C=O) groups is 1. The third kappa shape index (κ3) is 4.36. The number of aliphatic hydroxyl groups is 1. The Morgan fingerprint density at radius 3 is 3.15 bits per heavy atom. The number of aliphatic hydroxyl groups excluding tert-OH is 1. The highest BCUT2D eigenvalue weighted by Gasteiger charge is 2.19. The van der Waals surface area contributed by atoms with E-state index in [1.54, 1.807) is 6.07 Å². The predicted octanol–water partition coefficient (Wildman–Crippen LogP) is 2.65. The standard InChI is InChI=1S/C16H21NO2S/c1-12-4-2-5-13(8-12)10-17-16(19)14-9-15(20-11-14)6-3-7-18/h9,11-13,18H,2,4-5,7-8,10H2,1H3,(H,17,19). The lowest BCUT2D eigenvalue weighted by Crippen LogP contribution is -2.31. The van der Waals surface area contributed by atoms with Crippen LogP contribution in [-0.2, 0) is 0 Å². The number of amides is 1. The molecule has 1 fully saturated rings. The maximum absolute atomic E-state index is 12.1. The number of hydrogen-bond donors (Lipinski definition) is 2. The van der Waals surface area contributed by atoms with Gasteiger partial charge in [-0.25, -0.2) is 0 Å². The van der Waals surface area contributed by atoms with Gasteiger partial charge in [0.15, 0.2) is 0 Å². The van der Waals surface area contributed by atoms with Crippen LogP contribution in [0.5, 0.6) is 0 Å². The normalized spacial score (nSPS) is 21.9. The second-order valence-electron chi connectivity index (χ2n) is 5.51. The molecule has 3 nitrogen and oxygen atoms in total. The first-order chi connectivity index (χ1) is 9.69. The zero-order chi connectivity index (χ0) is 14.4. The number of nitrogens with one attached hydrogen (secondary N) is 1. The molecule has 1 aromatic heterocycles. The van der Waals surface area contributed by atoms with Gasteiger partial charge >= 0.3 is 0 Å². The highest BCUT2D eigenvalue weighted by atomic mass is 32.1. The van der Waals surface area contributed by atoms with Crippen molar-refractivity contribution < 1.29 is 9.90 Å². The summed E-state index contributed by atoms with van der Waals surface area (Å²) in [7, 11) is 0. The fourth-order valence-corrected chi connectivity index (χ4v) is 3.49. The molecule has 0 aliphatic heterocycles. The van der Waals surface area contributed by atoms with Gasteiger partial charge in [-0.3, -0.25) is 4.79 Å². The smallest absolute Gasteiger partial charge is 0.252 e. The molecule has 1 heterocycles. The van der Waals surface area contributed by atoms with Gasteiger partial charge in [0.2, 0.25) is 0 Å². The topological polar surface area (TPSA) is 49.3 Å². The Morgan fingerprint density at radius 1 is 1.55 bits per heavy atom. The predicted molar refractivity (Wildman–Crippen MR) is 81.7 cm³/mol. The summed E-state index contributed by atoms with van der Waals surface area (Å²) in [4.78, 5) is 12.9. The first kappa shape index (κ1) is 15.1. The van der Waals surface area contributed by atoms with Gasteiger partial charge in [-0.15, -0.1) is 11.3 Å². The highest BCUT2D eigenvalue weighted by molar-refractivity contribution is 7.10. The van der Waals surface area contributed by atoms with Crippen molar-refractivity contribution in [2.24, 2.45) is 11.8 Å². The van der Waals surface area contributed by atoms with Crippen LogP contribution >= 0.6 is 11.3 Å². The summed E-state index contributed by atoms with van der Waals surface area (Å²) in [5.74, 6) is 6.80. The monoisotopic (exact) mass is 291 g/mol. The fourth-order valence-electron chi connectivity index (χ4n) is 2.73. The third-order valence-corrected chi connectivity index (χ3v) is 4.59. The molecule has 108 valence electrons. The van der Waals surface area contributed by atoms with Crippen LogP contribution in [0.3, 0.4) is 0 Å². The number of carbonyl (C=O) groups excluding carboxylic acids is 1. The van der Waals surface area contributed by atoms with Crippen molar-refractivity contribution in [1.82, 2.24) is 5.32 Å². The SMILES string of the molecule is CC1CCCC(CNC(=O)c2csc(C#CCO)c2)C1. The first-order valence-electron chi connectivity index (χ1n) is 7.15. The Labute approximate surface area is 124 Å². The van der Waals surface area contributed by atoms with E-state index in [1.807, 2.05) is 5.38 Å². The van der Waals surface area contributed by atoms with Crippen LogP contribution in [-0.4, -0.2) is 24.2 Å². The van der Waals surface area contributed by atoms with E-state index >= 15 is 0 Å². The van der Waals surface area contributed by atoms with E-state index in [0.717, 1.165) is 17.3 Å². The van der Waals surface area contributed by atoms with Crippen LogP contribution in [0, 0.1) is 23.7 Å². The quantitative estimate of drug-likeness (QED) is 0.841. The maximum Gasteiger partial charge on any atom is 0.252 e.